The fourth-order valence-corrected chi connectivity index (χ4v) is 2.28. The maximum Gasteiger partial charge on any atom is 0.416 e. The van der Waals surface area contributed by atoms with E-state index in [2.05, 4.69) is 10.6 Å². The molecule has 1 aliphatic heterocycles. The number of alkyl halides is 3. The van der Waals surface area contributed by atoms with E-state index in [0.29, 0.717) is 36.1 Å². The molecular weight excluding hydrogens is 337 g/mol. The van der Waals surface area contributed by atoms with E-state index >= 15 is 0 Å². The summed E-state index contributed by atoms with van der Waals surface area (Å²) in [6.07, 6.45) is -4.40. The molecule has 132 valence electrons. The number of nitrogens with one attached hydrogen (secondary N) is 2. The second kappa shape index (κ2) is 6.92. The number of benzene rings is 2. The monoisotopic (exact) mass is 352 g/mol. The average Bonchev–Trinajstić information content (AvgIpc) is 2.59. The Hall–Kier alpha value is -2.90. The molecule has 0 spiro atoms. The highest BCUT2D eigenvalue weighted by atomic mass is 19.4. The van der Waals surface area contributed by atoms with Crippen LogP contribution >= 0.6 is 0 Å². The number of carbonyl (C=O) groups is 1. The van der Waals surface area contributed by atoms with E-state index in [9.17, 15) is 18.0 Å². The Labute approximate surface area is 141 Å². The first-order valence-corrected chi connectivity index (χ1v) is 7.52. The first-order chi connectivity index (χ1) is 11.9. The summed E-state index contributed by atoms with van der Waals surface area (Å²) in [4.78, 5) is 11.9. The number of amides is 1. The van der Waals surface area contributed by atoms with E-state index in [4.69, 9.17) is 9.47 Å². The van der Waals surface area contributed by atoms with Crippen molar-refractivity contribution >= 4 is 17.3 Å². The van der Waals surface area contributed by atoms with Gasteiger partial charge in [-0.05, 0) is 36.4 Å². The molecule has 2 aromatic rings. The molecule has 3 rings (SSSR count). The summed E-state index contributed by atoms with van der Waals surface area (Å²) >= 11 is 0. The Morgan fingerprint density at radius 2 is 1.60 bits per heavy atom. The lowest BCUT2D eigenvalue weighted by Gasteiger charge is -2.19. The summed E-state index contributed by atoms with van der Waals surface area (Å²) in [5.41, 5.74) is 0.202. The lowest BCUT2D eigenvalue weighted by atomic mass is 10.2. The third-order valence-electron chi connectivity index (χ3n) is 3.49. The Bertz CT molecular complexity index is 761. The van der Waals surface area contributed by atoms with Crippen LogP contribution in [-0.4, -0.2) is 25.7 Å². The van der Waals surface area contributed by atoms with Gasteiger partial charge >= 0.3 is 6.18 Å². The van der Waals surface area contributed by atoms with Gasteiger partial charge < -0.3 is 20.1 Å². The molecule has 8 heteroatoms. The Morgan fingerprint density at radius 3 is 2.28 bits per heavy atom. The number of halogens is 3. The van der Waals surface area contributed by atoms with Gasteiger partial charge in [0.05, 0.1) is 12.1 Å². The van der Waals surface area contributed by atoms with Crippen LogP contribution in [0.25, 0.3) is 0 Å². The number of anilines is 2. The van der Waals surface area contributed by atoms with Crippen molar-refractivity contribution < 1.29 is 27.4 Å². The van der Waals surface area contributed by atoms with Crippen molar-refractivity contribution in [2.45, 2.75) is 6.18 Å². The van der Waals surface area contributed by atoms with E-state index in [1.165, 1.54) is 12.1 Å². The lowest BCUT2D eigenvalue weighted by Crippen LogP contribution is -2.22. The lowest BCUT2D eigenvalue weighted by molar-refractivity contribution is -0.137. The SMILES string of the molecule is O=C(CNc1ccc2c(c1)OCCO2)Nc1ccc(C(F)(F)F)cc1. The molecule has 0 saturated heterocycles. The summed E-state index contributed by atoms with van der Waals surface area (Å²) in [6.45, 7) is 0.917. The standard InChI is InChI=1S/C17H15F3N2O3/c18-17(19,20)11-1-3-12(4-2-11)22-16(23)10-21-13-5-6-14-15(9-13)25-8-7-24-14/h1-6,9,21H,7-8,10H2,(H,22,23). The van der Waals surface area contributed by atoms with Crippen LogP contribution in [-0.2, 0) is 11.0 Å². The van der Waals surface area contributed by atoms with Crippen LogP contribution in [0.15, 0.2) is 42.5 Å². The fourth-order valence-electron chi connectivity index (χ4n) is 2.28. The minimum absolute atomic E-state index is 0.0410. The van der Waals surface area contributed by atoms with E-state index in [1.54, 1.807) is 18.2 Å². The second-order valence-corrected chi connectivity index (χ2v) is 5.34. The van der Waals surface area contributed by atoms with Crippen LogP contribution in [0.2, 0.25) is 0 Å². The zero-order valence-corrected chi connectivity index (χ0v) is 13.0. The van der Waals surface area contributed by atoms with Gasteiger partial charge in [-0.25, -0.2) is 0 Å². The van der Waals surface area contributed by atoms with Gasteiger partial charge in [0.25, 0.3) is 0 Å². The molecule has 0 aromatic heterocycles. The molecule has 0 fully saturated rings. The zero-order valence-electron chi connectivity index (χ0n) is 13.0. The van der Waals surface area contributed by atoms with Crippen LogP contribution in [0.1, 0.15) is 5.56 Å². The summed E-state index contributed by atoms with van der Waals surface area (Å²) in [6, 6.07) is 9.48. The van der Waals surface area contributed by atoms with Crippen LogP contribution in [0.3, 0.4) is 0 Å². The molecule has 2 N–H and O–H groups in total. The summed E-state index contributed by atoms with van der Waals surface area (Å²) in [5.74, 6) is 0.861. The number of ether oxygens (including phenoxy) is 2. The van der Waals surface area contributed by atoms with Crippen molar-refractivity contribution in [3.05, 3.63) is 48.0 Å². The van der Waals surface area contributed by atoms with Gasteiger partial charge in [0.15, 0.2) is 11.5 Å². The molecule has 0 bridgehead atoms. The van der Waals surface area contributed by atoms with E-state index in [0.717, 1.165) is 12.1 Å². The number of hydrogen-bond acceptors (Lipinski definition) is 4. The smallest absolute Gasteiger partial charge is 0.416 e. The van der Waals surface area contributed by atoms with Crippen molar-refractivity contribution in [3.8, 4) is 11.5 Å². The normalized spacial score (nSPS) is 13.2. The summed E-state index contributed by atoms with van der Waals surface area (Å²) in [7, 11) is 0. The number of hydrogen-bond donors (Lipinski definition) is 2. The Kier molecular flexibility index (Phi) is 4.69. The first kappa shape index (κ1) is 16.9. The quantitative estimate of drug-likeness (QED) is 0.884. The Balaban J connectivity index is 1.54. The maximum atomic E-state index is 12.5. The van der Waals surface area contributed by atoms with Gasteiger partial charge in [0.1, 0.15) is 13.2 Å². The number of rotatable bonds is 4. The largest absolute Gasteiger partial charge is 0.486 e. The third kappa shape index (κ3) is 4.34. The predicted octanol–water partition coefficient (Wildman–Crippen LogP) is 3.53. The molecule has 2 aromatic carbocycles. The molecular formula is C17H15F3N2O3. The molecule has 0 aliphatic carbocycles. The maximum absolute atomic E-state index is 12.5. The van der Waals surface area contributed by atoms with Crippen molar-refractivity contribution in [2.75, 3.05) is 30.4 Å². The average molecular weight is 352 g/mol. The van der Waals surface area contributed by atoms with Gasteiger partial charge in [-0.15, -0.1) is 0 Å². The van der Waals surface area contributed by atoms with Crippen molar-refractivity contribution in [3.63, 3.8) is 0 Å². The van der Waals surface area contributed by atoms with E-state index < -0.39 is 11.7 Å². The van der Waals surface area contributed by atoms with Crippen molar-refractivity contribution in [1.82, 2.24) is 0 Å². The molecule has 0 saturated carbocycles. The number of carbonyl (C=O) groups excluding carboxylic acids is 1. The van der Waals surface area contributed by atoms with Crippen LogP contribution < -0.4 is 20.1 Å². The summed E-state index contributed by atoms with van der Waals surface area (Å²) < 4.78 is 48.3. The van der Waals surface area contributed by atoms with Gasteiger partial charge in [0.2, 0.25) is 5.91 Å². The van der Waals surface area contributed by atoms with Crippen LogP contribution in [0.4, 0.5) is 24.5 Å². The molecule has 1 amide bonds. The summed E-state index contributed by atoms with van der Waals surface area (Å²) in [5, 5.41) is 5.45. The highest BCUT2D eigenvalue weighted by molar-refractivity contribution is 5.93. The molecule has 1 aliphatic rings. The van der Waals surface area contributed by atoms with Gasteiger partial charge in [-0.2, -0.15) is 13.2 Å². The predicted molar refractivity (Wildman–Crippen MR) is 86.0 cm³/mol. The highest BCUT2D eigenvalue weighted by Crippen LogP contribution is 2.32. The first-order valence-electron chi connectivity index (χ1n) is 7.52. The second-order valence-electron chi connectivity index (χ2n) is 5.34. The van der Waals surface area contributed by atoms with Crippen LogP contribution in [0.5, 0.6) is 11.5 Å². The molecule has 0 unspecified atom stereocenters. The van der Waals surface area contributed by atoms with Crippen LogP contribution in [0, 0.1) is 0 Å². The highest BCUT2D eigenvalue weighted by Gasteiger charge is 2.29. The van der Waals surface area contributed by atoms with E-state index in [1.807, 2.05) is 0 Å². The van der Waals surface area contributed by atoms with Crippen molar-refractivity contribution in [2.24, 2.45) is 0 Å². The zero-order chi connectivity index (χ0) is 17.9. The topological polar surface area (TPSA) is 59.6 Å². The molecule has 5 nitrogen and oxygen atoms in total. The minimum Gasteiger partial charge on any atom is -0.486 e. The third-order valence-corrected chi connectivity index (χ3v) is 3.49. The Morgan fingerprint density at radius 1 is 0.960 bits per heavy atom. The molecule has 25 heavy (non-hydrogen) atoms. The minimum atomic E-state index is -4.40. The molecule has 0 radical (unpaired) electrons. The van der Waals surface area contributed by atoms with Gasteiger partial charge in [-0.1, -0.05) is 0 Å². The molecule has 1 heterocycles. The van der Waals surface area contributed by atoms with E-state index in [-0.39, 0.29) is 12.5 Å². The number of fused-ring (bicyclic) bond motifs is 1. The molecule has 0 atom stereocenters. The van der Waals surface area contributed by atoms with Crippen molar-refractivity contribution in [1.29, 1.82) is 0 Å². The van der Waals surface area contributed by atoms with Gasteiger partial charge in [-0.3, -0.25) is 4.79 Å². The van der Waals surface area contributed by atoms with Gasteiger partial charge in [0, 0.05) is 17.4 Å². The fraction of sp³-hybridized carbons (Fsp3) is 0.235.